The van der Waals surface area contributed by atoms with Crippen LogP contribution < -0.4 is 0 Å². The first-order valence-corrected chi connectivity index (χ1v) is 7.84. The van der Waals surface area contributed by atoms with Crippen LogP contribution in [0.3, 0.4) is 0 Å². The second-order valence-corrected chi connectivity index (χ2v) is 6.24. The first-order chi connectivity index (χ1) is 10.5. The maximum absolute atomic E-state index is 10.7. The Morgan fingerprint density at radius 2 is 1.64 bits per heavy atom. The number of aryl methyl sites for hydroxylation is 3. The number of rotatable bonds is 6. The van der Waals surface area contributed by atoms with Crippen molar-refractivity contribution in [1.82, 2.24) is 0 Å². The first-order valence-electron chi connectivity index (χ1n) is 7.84. The largest absolute Gasteiger partial charge is 0.481 e. The van der Waals surface area contributed by atoms with E-state index in [2.05, 4.69) is 56.3 Å². The van der Waals surface area contributed by atoms with Gasteiger partial charge in [-0.3, -0.25) is 4.79 Å². The van der Waals surface area contributed by atoms with Crippen LogP contribution in [0, 0.1) is 19.8 Å². The highest BCUT2D eigenvalue weighted by Gasteiger charge is 2.08. The van der Waals surface area contributed by atoms with Crippen LogP contribution >= 0.6 is 0 Å². The van der Waals surface area contributed by atoms with E-state index in [1.165, 1.54) is 27.8 Å². The van der Waals surface area contributed by atoms with E-state index in [9.17, 15) is 4.79 Å². The number of aliphatic carboxylic acids is 1. The average Bonchev–Trinajstić information content (AvgIpc) is 2.48. The highest BCUT2D eigenvalue weighted by Crippen LogP contribution is 2.23. The summed E-state index contributed by atoms with van der Waals surface area (Å²) in [6.07, 6.45) is 2.09. The lowest BCUT2D eigenvalue weighted by Gasteiger charge is -2.10. The van der Waals surface area contributed by atoms with Gasteiger partial charge in [-0.1, -0.05) is 49.4 Å². The molecule has 1 N–H and O–H groups in total. The summed E-state index contributed by atoms with van der Waals surface area (Å²) in [5.74, 6) is -0.491. The van der Waals surface area contributed by atoms with Crippen molar-refractivity contribution >= 4 is 5.97 Å². The number of carbonyl (C=O) groups is 1. The van der Waals surface area contributed by atoms with Gasteiger partial charge >= 0.3 is 5.97 Å². The molecule has 2 aromatic rings. The molecule has 0 saturated carbocycles. The van der Waals surface area contributed by atoms with Gasteiger partial charge in [0.1, 0.15) is 0 Å². The monoisotopic (exact) mass is 296 g/mol. The standard InChI is InChI=1S/C20H24O2/c1-14(12-20(21)22)4-6-17-7-10-18(11-8-17)19-9-5-15(2)16(3)13-19/h5,7-11,13-14H,4,6,12H2,1-3H3,(H,21,22). The van der Waals surface area contributed by atoms with Crippen LogP contribution in [0.15, 0.2) is 42.5 Å². The Labute approximate surface area is 132 Å². The fourth-order valence-electron chi connectivity index (χ4n) is 2.60. The topological polar surface area (TPSA) is 37.3 Å². The number of hydrogen-bond donors (Lipinski definition) is 1. The summed E-state index contributed by atoms with van der Waals surface area (Å²) in [5, 5.41) is 8.79. The molecule has 0 aliphatic rings. The molecule has 22 heavy (non-hydrogen) atoms. The van der Waals surface area contributed by atoms with Gasteiger partial charge in [0.15, 0.2) is 0 Å². The number of benzene rings is 2. The fourth-order valence-corrected chi connectivity index (χ4v) is 2.60. The molecule has 0 aliphatic carbocycles. The van der Waals surface area contributed by atoms with E-state index in [-0.39, 0.29) is 12.3 Å². The quantitative estimate of drug-likeness (QED) is 0.813. The van der Waals surface area contributed by atoms with Crippen molar-refractivity contribution in [3.63, 3.8) is 0 Å². The summed E-state index contributed by atoms with van der Waals surface area (Å²) in [5.41, 5.74) is 6.36. The smallest absolute Gasteiger partial charge is 0.303 e. The molecule has 0 heterocycles. The minimum absolute atomic E-state index is 0.219. The van der Waals surface area contributed by atoms with Gasteiger partial charge in [0.05, 0.1) is 0 Å². The highest BCUT2D eigenvalue weighted by molar-refractivity contribution is 5.67. The normalized spacial score (nSPS) is 12.1. The molecule has 0 saturated heterocycles. The molecule has 2 rings (SSSR count). The lowest BCUT2D eigenvalue weighted by Crippen LogP contribution is -2.05. The van der Waals surface area contributed by atoms with E-state index in [0.717, 1.165) is 12.8 Å². The van der Waals surface area contributed by atoms with Crippen LogP contribution in [-0.2, 0) is 11.2 Å². The zero-order valence-electron chi connectivity index (χ0n) is 13.6. The SMILES string of the molecule is Cc1ccc(-c2ccc(CCC(C)CC(=O)O)cc2)cc1C. The maximum atomic E-state index is 10.7. The molecule has 1 unspecified atom stereocenters. The third-order valence-electron chi connectivity index (χ3n) is 4.24. The molecule has 0 aliphatic heterocycles. The number of carboxylic acids is 1. The van der Waals surface area contributed by atoms with Crippen molar-refractivity contribution in [3.8, 4) is 11.1 Å². The molecule has 2 aromatic carbocycles. The summed E-state index contributed by atoms with van der Waals surface area (Å²) in [4.78, 5) is 10.7. The van der Waals surface area contributed by atoms with Crippen molar-refractivity contribution in [2.75, 3.05) is 0 Å². The van der Waals surface area contributed by atoms with Crippen molar-refractivity contribution in [2.24, 2.45) is 5.92 Å². The van der Waals surface area contributed by atoms with E-state index in [1.807, 2.05) is 6.92 Å². The predicted octanol–water partition coefficient (Wildman–Crippen LogP) is 5.01. The van der Waals surface area contributed by atoms with E-state index in [0.29, 0.717) is 0 Å². The number of carboxylic acid groups (broad SMARTS) is 1. The summed E-state index contributed by atoms with van der Waals surface area (Å²) < 4.78 is 0. The summed E-state index contributed by atoms with van der Waals surface area (Å²) in [6.45, 7) is 6.26. The Balaban J connectivity index is 2.01. The van der Waals surface area contributed by atoms with Gasteiger partial charge in [-0.05, 0) is 60.4 Å². The van der Waals surface area contributed by atoms with Crippen LogP contribution in [0.5, 0.6) is 0 Å². The predicted molar refractivity (Wildman–Crippen MR) is 91.1 cm³/mol. The lowest BCUT2D eigenvalue weighted by molar-refractivity contribution is -0.138. The Hall–Kier alpha value is -2.09. The minimum Gasteiger partial charge on any atom is -0.481 e. The zero-order valence-corrected chi connectivity index (χ0v) is 13.6. The van der Waals surface area contributed by atoms with Crippen molar-refractivity contribution in [2.45, 2.75) is 40.0 Å². The lowest BCUT2D eigenvalue weighted by atomic mass is 9.96. The minimum atomic E-state index is -0.711. The van der Waals surface area contributed by atoms with E-state index in [1.54, 1.807) is 0 Å². The molecule has 0 bridgehead atoms. The highest BCUT2D eigenvalue weighted by atomic mass is 16.4. The van der Waals surface area contributed by atoms with E-state index >= 15 is 0 Å². The second kappa shape index (κ2) is 7.26. The van der Waals surface area contributed by atoms with Gasteiger partial charge in [-0.15, -0.1) is 0 Å². The van der Waals surface area contributed by atoms with Gasteiger partial charge in [0.2, 0.25) is 0 Å². The average molecular weight is 296 g/mol. The Bertz CT molecular complexity index is 641. The van der Waals surface area contributed by atoms with Crippen LogP contribution in [0.4, 0.5) is 0 Å². The fraction of sp³-hybridized carbons (Fsp3) is 0.350. The molecular weight excluding hydrogens is 272 g/mol. The van der Waals surface area contributed by atoms with Crippen molar-refractivity contribution in [1.29, 1.82) is 0 Å². The summed E-state index contributed by atoms with van der Waals surface area (Å²) in [6, 6.07) is 15.1. The van der Waals surface area contributed by atoms with E-state index in [4.69, 9.17) is 5.11 Å². The molecule has 0 fully saturated rings. The zero-order chi connectivity index (χ0) is 16.1. The Morgan fingerprint density at radius 3 is 2.23 bits per heavy atom. The first kappa shape index (κ1) is 16.3. The van der Waals surface area contributed by atoms with Gasteiger partial charge in [-0.25, -0.2) is 0 Å². The van der Waals surface area contributed by atoms with Gasteiger partial charge in [0, 0.05) is 6.42 Å². The molecule has 1 atom stereocenters. The van der Waals surface area contributed by atoms with Crippen LogP contribution in [-0.4, -0.2) is 11.1 Å². The summed E-state index contributed by atoms with van der Waals surface area (Å²) in [7, 11) is 0. The Kier molecular flexibility index (Phi) is 5.37. The molecule has 0 amide bonds. The third-order valence-corrected chi connectivity index (χ3v) is 4.24. The molecule has 116 valence electrons. The molecule has 2 heteroatoms. The third kappa shape index (κ3) is 4.45. The molecule has 0 radical (unpaired) electrons. The van der Waals surface area contributed by atoms with Gasteiger partial charge in [0.25, 0.3) is 0 Å². The number of hydrogen-bond acceptors (Lipinski definition) is 1. The van der Waals surface area contributed by atoms with E-state index < -0.39 is 5.97 Å². The molecule has 2 nitrogen and oxygen atoms in total. The molecule has 0 spiro atoms. The Morgan fingerprint density at radius 1 is 1.00 bits per heavy atom. The van der Waals surface area contributed by atoms with Crippen molar-refractivity contribution in [3.05, 3.63) is 59.2 Å². The van der Waals surface area contributed by atoms with Gasteiger partial charge in [-0.2, -0.15) is 0 Å². The van der Waals surface area contributed by atoms with Gasteiger partial charge < -0.3 is 5.11 Å². The van der Waals surface area contributed by atoms with Crippen molar-refractivity contribution < 1.29 is 9.90 Å². The maximum Gasteiger partial charge on any atom is 0.303 e. The second-order valence-electron chi connectivity index (χ2n) is 6.24. The molecule has 0 aromatic heterocycles. The van der Waals surface area contributed by atoms with Crippen LogP contribution in [0.25, 0.3) is 11.1 Å². The van der Waals surface area contributed by atoms with Crippen LogP contribution in [0.1, 0.15) is 36.5 Å². The summed E-state index contributed by atoms with van der Waals surface area (Å²) >= 11 is 0. The molecular formula is C20H24O2. The van der Waals surface area contributed by atoms with Crippen LogP contribution in [0.2, 0.25) is 0 Å².